The number of rotatable bonds is 5. The van der Waals surface area contributed by atoms with Crippen LogP contribution in [0, 0.1) is 11.7 Å². The van der Waals surface area contributed by atoms with Gasteiger partial charge in [-0.15, -0.1) is 0 Å². The third kappa shape index (κ3) is 4.89. The number of imide groups is 1. The van der Waals surface area contributed by atoms with Crippen LogP contribution in [0.15, 0.2) is 12.3 Å². The Bertz CT molecular complexity index is 785. The van der Waals surface area contributed by atoms with Gasteiger partial charge >= 0.3 is 0 Å². The van der Waals surface area contributed by atoms with E-state index >= 15 is 0 Å². The Morgan fingerprint density at radius 1 is 1.23 bits per heavy atom. The number of piperidine rings is 2. The monoisotopic (exact) mass is 418 g/mol. The first kappa shape index (κ1) is 21.0. The summed E-state index contributed by atoms with van der Waals surface area (Å²) in [6.07, 6.45) is 4.69. The van der Waals surface area contributed by atoms with E-state index in [0.29, 0.717) is 24.0 Å². The van der Waals surface area contributed by atoms with Gasteiger partial charge in [0.2, 0.25) is 11.8 Å². The molecule has 3 aliphatic rings. The zero-order valence-electron chi connectivity index (χ0n) is 17.5. The highest BCUT2D eigenvalue weighted by Gasteiger charge is 2.29. The van der Waals surface area contributed by atoms with Crippen LogP contribution >= 0.6 is 0 Å². The lowest BCUT2D eigenvalue weighted by Gasteiger charge is -2.42. The molecule has 8 nitrogen and oxygen atoms in total. The van der Waals surface area contributed by atoms with Crippen molar-refractivity contribution >= 4 is 23.3 Å². The fraction of sp³-hybridized carbons (Fsp3) is 0.667. The van der Waals surface area contributed by atoms with E-state index in [1.165, 1.54) is 18.9 Å². The van der Waals surface area contributed by atoms with E-state index in [1.54, 1.807) is 6.20 Å². The number of hydrogen-bond donors (Lipinski definition) is 3. The highest BCUT2D eigenvalue weighted by atomic mass is 19.1. The number of anilines is 2. The molecule has 2 amide bonds. The Labute approximate surface area is 176 Å². The van der Waals surface area contributed by atoms with Gasteiger partial charge in [0.25, 0.3) is 0 Å². The number of carbonyl (C=O) groups is 2. The fourth-order valence-corrected chi connectivity index (χ4v) is 4.63. The molecular formula is C21H31FN6O2. The maximum Gasteiger partial charge on any atom is 0.249 e. The molecule has 0 radical (unpaired) electrons. The van der Waals surface area contributed by atoms with Gasteiger partial charge < -0.3 is 15.5 Å². The molecule has 1 unspecified atom stereocenters. The molecule has 4 heterocycles. The van der Waals surface area contributed by atoms with Gasteiger partial charge in [0.15, 0.2) is 11.6 Å². The number of pyridine rings is 1. The molecule has 2 atom stereocenters. The average molecular weight is 419 g/mol. The molecule has 0 aliphatic carbocycles. The number of carbonyl (C=O) groups excluding carboxylic acids is 2. The summed E-state index contributed by atoms with van der Waals surface area (Å²) in [5.41, 5.74) is 0.448. The number of piperazine rings is 1. The number of hydrogen-bond acceptors (Lipinski definition) is 7. The van der Waals surface area contributed by atoms with Crippen molar-refractivity contribution in [2.75, 3.05) is 49.5 Å². The second-order valence-electron chi connectivity index (χ2n) is 8.66. The van der Waals surface area contributed by atoms with E-state index in [2.05, 4.69) is 32.8 Å². The standard InChI is InChI=1S/C21H31FN6O2/c1-14-12-28(9-8-27(14)13-15-4-6-23-7-5-15)20-17(22)10-16(11-24-20)25-18-2-3-19(29)26-21(18)30/h10-11,14-15,18,23,25H,2-9,12-13H2,1H3,(H,26,29,30)/t14-,18?/m1/s1. The van der Waals surface area contributed by atoms with Crippen LogP contribution in [0.4, 0.5) is 15.9 Å². The number of halogens is 1. The summed E-state index contributed by atoms with van der Waals surface area (Å²) in [5.74, 6) is 0.0526. The Morgan fingerprint density at radius 3 is 2.73 bits per heavy atom. The van der Waals surface area contributed by atoms with E-state index in [0.717, 1.165) is 45.2 Å². The summed E-state index contributed by atoms with van der Waals surface area (Å²) in [4.78, 5) is 32.0. The molecule has 3 aliphatic heterocycles. The predicted octanol–water partition coefficient (Wildman–Crippen LogP) is 0.948. The van der Waals surface area contributed by atoms with Crippen molar-refractivity contribution in [3.63, 3.8) is 0 Å². The minimum Gasteiger partial charge on any atom is -0.372 e. The average Bonchev–Trinajstić information content (AvgIpc) is 2.73. The SMILES string of the molecule is C[C@@H]1CN(c2ncc(NC3CCC(=O)NC3=O)cc2F)CCN1CC1CCNCC1. The van der Waals surface area contributed by atoms with Crippen LogP contribution < -0.4 is 20.9 Å². The number of amides is 2. The largest absolute Gasteiger partial charge is 0.372 e. The molecule has 0 spiro atoms. The van der Waals surface area contributed by atoms with Crippen LogP contribution in [-0.4, -0.2) is 73.1 Å². The zero-order valence-corrected chi connectivity index (χ0v) is 17.5. The molecule has 0 saturated carbocycles. The summed E-state index contributed by atoms with van der Waals surface area (Å²) < 4.78 is 14.8. The lowest BCUT2D eigenvalue weighted by atomic mass is 9.96. The minimum absolute atomic E-state index is 0.272. The summed E-state index contributed by atoms with van der Waals surface area (Å²) in [6.45, 7) is 7.92. The Hall–Kier alpha value is -2.26. The van der Waals surface area contributed by atoms with Crippen LogP contribution in [0.5, 0.6) is 0 Å². The van der Waals surface area contributed by atoms with E-state index in [4.69, 9.17) is 0 Å². The highest BCUT2D eigenvalue weighted by molar-refractivity contribution is 6.01. The Kier molecular flexibility index (Phi) is 6.48. The molecule has 164 valence electrons. The van der Waals surface area contributed by atoms with Crippen molar-refractivity contribution < 1.29 is 14.0 Å². The molecule has 1 aromatic rings. The summed E-state index contributed by atoms with van der Waals surface area (Å²) in [6, 6.07) is 1.18. The first-order valence-corrected chi connectivity index (χ1v) is 10.9. The van der Waals surface area contributed by atoms with Crippen LogP contribution in [0.1, 0.15) is 32.6 Å². The maximum atomic E-state index is 14.8. The summed E-state index contributed by atoms with van der Waals surface area (Å²) >= 11 is 0. The predicted molar refractivity (Wildman–Crippen MR) is 113 cm³/mol. The molecule has 30 heavy (non-hydrogen) atoms. The summed E-state index contributed by atoms with van der Waals surface area (Å²) in [5, 5.41) is 8.69. The fourth-order valence-electron chi connectivity index (χ4n) is 4.63. The third-order valence-electron chi connectivity index (χ3n) is 6.42. The lowest BCUT2D eigenvalue weighted by molar-refractivity contribution is -0.133. The molecule has 9 heteroatoms. The van der Waals surface area contributed by atoms with Gasteiger partial charge in [0.1, 0.15) is 6.04 Å². The van der Waals surface area contributed by atoms with Gasteiger partial charge in [-0.2, -0.15) is 0 Å². The maximum absolute atomic E-state index is 14.8. The van der Waals surface area contributed by atoms with Gasteiger partial charge in [-0.05, 0) is 45.2 Å². The van der Waals surface area contributed by atoms with Gasteiger partial charge in [-0.25, -0.2) is 9.37 Å². The molecule has 4 rings (SSSR count). The first-order chi connectivity index (χ1) is 14.5. The Morgan fingerprint density at radius 2 is 2.03 bits per heavy atom. The van der Waals surface area contributed by atoms with Gasteiger partial charge in [0.05, 0.1) is 11.9 Å². The van der Waals surface area contributed by atoms with Crippen molar-refractivity contribution in [1.82, 2.24) is 20.5 Å². The molecule has 1 aromatic heterocycles. The van der Waals surface area contributed by atoms with E-state index in [-0.39, 0.29) is 18.2 Å². The molecule has 3 fully saturated rings. The second kappa shape index (κ2) is 9.26. The molecular weight excluding hydrogens is 387 g/mol. The number of aromatic nitrogens is 1. The highest BCUT2D eigenvalue weighted by Crippen LogP contribution is 2.25. The zero-order chi connectivity index (χ0) is 21.1. The third-order valence-corrected chi connectivity index (χ3v) is 6.42. The van der Waals surface area contributed by atoms with Crippen molar-refractivity contribution in [1.29, 1.82) is 0 Å². The lowest BCUT2D eigenvalue weighted by Crippen LogP contribution is -2.54. The van der Waals surface area contributed by atoms with Crippen LogP contribution in [0.3, 0.4) is 0 Å². The topological polar surface area (TPSA) is 89.6 Å². The van der Waals surface area contributed by atoms with Gasteiger partial charge in [-0.3, -0.25) is 19.8 Å². The normalized spacial score (nSPS) is 26.5. The quantitative estimate of drug-likeness (QED) is 0.614. The Balaban J connectivity index is 1.34. The van der Waals surface area contributed by atoms with Gasteiger partial charge in [-0.1, -0.05) is 0 Å². The van der Waals surface area contributed by atoms with E-state index < -0.39 is 11.9 Å². The molecule has 3 saturated heterocycles. The molecule has 0 aromatic carbocycles. The summed E-state index contributed by atoms with van der Waals surface area (Å²) in [7, 11) is 0. The minimum atomic E-state index is -0.548. The van der Waals surface area contributed by atoms with Crippen LogP contribution in [0.25, 0.3) is 0 Å². The van der Waals surface area contributed by atoms with Crippen molar-refractivity contribution in [2.24, 2.45) is 5.92 Å². The van der Waals surface area contributed by atoms with Gasteiger partial charge in [0, 0.05) is 44.7 Å². The van der Waals surface area contributed by atoms with E-state index in [1.807, 2.05) is 4.90 Å². The number of nitrogens with zero attached hydrogens (tertiary/aromatic N) is 3. The molecule has 0 bridgehead atoms. The van der Waals surface area contributed by atoms with Crippen molar-refractivity contribution in [3.05, 3.63) is 18.1 Å². The first-order valence-electron chi connectivity index (χ1n) is 10.9. The second-order valence-corrected chi connectivity index (χ2v) is 8.66. The van der Waals surface area contributed by atoms with Crippen molar-refractivity contribution in [2.45, 2.75) is 44.7 Å². The van der Waals surface area contributed by atoms with Crippen LogP contribution in [-0.2, 0) is 9.59 Å². The number of nitrogens with one attached hydrogen (secondary N) is 3. The van der Waals surface area contributed by atoms with Crippen LogP contribution in [0.2, 0.25) is 0 Å². The van der Waals surface area contributed by atoms with Crippen molar-refractivity contribution in [3.8, 4) is 0 Å². The van der Waals surface area contributed by atoms with E-state index in [9.17, 15) is 14.0 Å². The smallest absolute Gasteiger partial charge is 0.249 e. The molecule has 3 N–H and O–H groups in total.